The van der Waals surface area contributed by atoms with Gasteiger partial charge in [0.1, 0.15) is 0 Å². The van der Waals surface area contributed by atoms with E-state index in [4.69, 9.17) is 5.11 Å². The molecule has 0 fully saturated rings. The lowest BCUT2D eigenvalue weighted by Crippen LogP contribution is -2.35. The van der Waals surface area contributed by atoms with Gasteiger partial charge in [-0.3, -0.25) is 19.3 Å². The Kier molecular flexibility index (Phi) is 3.88. The number of rotatable bonds is 5. The molecule has 0 saturated carbocycles. The van der Waals surface area contributed by atoms with Crippen LogP contribution < -0.4 is 0 Å². The molecule has 20 heavy (non-hydrogen) atoms. The van der Waals surface area contributed by atoms with Crippen LogP contribution in [0.5, 0.6) is 0 Å². The van der Waals surface area contributed by atoms with E-state index in [0.717, 1.165) is 5.56 Å². The lowest BCUT2D eigenvalue weighted by Gasteiger charge is -2.19. The summed E-state index contributed by atoms with van der Waals surface area (Å²) in [4.78, 5) is 36.4. The lowest BCUT2D eigenvalue weighted by atomic mass is 10.0. The van der Waals surface area contributed by atoms with Gasteiger partial charge in [0.25, 0.3) is 11.8 Å². The number of amides is 2. The molecule has 1 unspecified atom stereocenters. The Labute approximate surface area is 117 Å². The van der Waals surface area contributed by atoms with Gasteiger partial charge in [0, 0.05) is 13.0 Å². The Morgan fingerprint density at radius 1 is 1.25 bits per heavy atom. The molecule has 0 aliphatic carbocycles. The van der Waals surface area contributed by atoms with Crippen LogP contribution in [0.4, 0.5) is 0 Å². The number of hydrogen-bond donors (Lipinski definition) is 1. The van der Waals surface area contributed by atoms with Gasteiger partial charge in [-0.2, -0.15) is 0 Å². The predicted octanol–water partition coefficient (Wildman–Crippen LogP) is 2.09. The fraction of sp³-hybridized carbons (Fsp3) is 0.400. The van der Waals surface area contributed by atoms with Crippen molar-refractivity contribution in [3.8, 4) is 0 Å². The summed E-state index contributed by atoms with van der Waals surface area (Å²) in [5.74, 6) is -1.77. The fourth-order valence-corrected chi connectivity index (χ4v) is 2.41. The molecule has 0 bridgehead atoms. The van der Waals surface area contributed by atoms with Crippen LogP contribution >= 0.6 is 0 Å². The van der Waals surface area contributed by atoms with Crippen LogP contribution in [0.2, 0.25) is 0 Å². The van der Waals surface area contributed by atoms with Crippen LogP contribution in [0.3, 0.4) is 0 Å². The number of aryl methyl sites for hydroxylation is 1. The molecule has 106 valence electrons. The summed E-state index contributed by atoms with van der Waals surface area (Å²) in [6, 6.07) is 5.15. The molecule has 1 aliphatic heterocycles. The predicted molar refractivity (Wildman–Crippen MR) is 72.6 cm³/mol. The van der Waals surface area contributed by atoms with Crippen molar-refractivity contribution in [1.82, 2.24) is 4.90 Å². The van der Waals surface area contributed by atoms with Gasteiger partial charge in [-0.15, -0.1) is 0 Å². The van der Waals surface area contributed by atoms with Crippen molar-refractivity contribution >= 4 is 17.8 Å². The van der Waals surface area contributed by atoms with Gasteiger partial charge in [0.2, 0.25) is 0 Å². The molecule has 1 aromatic rings. The van der Waals surface area contributed by atoms with Crippen molar-refractivity contribution < 1.29 is 19.5 Å². The Hall–Kier alpha value is -2.17. The molecule has 1 aliphatic rings. The van der Waals surface area contributed by atoms with E-state index in [0.29, 0.717) is 17.5 Å². The minimum atomic E-state index is -0.913. The van der Waals surface area contributed by atoms with E-state index in [-0.39, 0.29) is 30.7 Å². The average molecular weight is 275 g/mol. The summed E-state index contributed by atoms with van der Waals surface area (Å²) in [7, 11) is 0. The van der Waals surface area contributed by atoms with Crippen LogP contribution in [-0.4, -0.2) is 34.3 Å². The molecule has 0 saturated heterocycles. The van der Waals surface area contributed by atoms with E-state index in [9.17, 15) is 14.4 Å². The van der Waals surface area contributed by atoms with Gasteiger partial charge >= 0.3 is 5.97 Å². The number of imide groups is 1. The highest BCUT2D eigenvalue weighted by Gasteiger charge is 2.36. The van der Waals surface area contributed by atoms with Crippen LogP contribution in [0, 0.1) is 12.8 Å². The number of benzene rings is 1. The number of carbonyl (C=O) groups excluding carboxylic acids is 2. The first-order chi connectivity index (χ1) is 9.43. The fourth-order valence-electron chi connectivity index (χ4n) is 2.41. The highest BCUT2D eigenvalue weighted by molar-refractivity contribution is 6.21. The second-order valence-electron chi connectivity index (χ2n) is 5.14. The maximum absolute atomic E-state index is 12.3. The highest BCUT2D eigenvalue weighted by Crippen LogP contribution is 2.25. The molecule has 1 atom stereocenters. The molecule has 1 aromatic carbocycles. The zero-order valence-corrected chi connectivity index (χ0v) is 11.5. The van der Waals surface area contributed by atoms with Gasteiger partial charge in [-0.05, 0) is 25.0 Å². The van der Waals surface area contributed by atoms with Crippen LogP contribution in [0.25, 0.3) is 0 Å². The van der Waals surface area contributed by atoms with Crippen molar-refractivity contribution in [2.75, 3.05) is 6.54 Å². The summed E-state index contributed by atoms with van der Waals surface area (Å²) in [6.45, 7) is 3.88. The maximum atomic E-state index is 12.3. The summed E-state index contributed by atoms with van der Waals surface area (Å²) in [5, 5.41) is 8.84. The molecule has 0 radical (unpaired) electrons. The Morgan fingerprint density at radius 3 is 2.50 bits per heavy atom. The van der Waals surface area contributed by atoms with E-state index < -0.39 is 5.97 Å². The number of nitrogens with zero attached hydrogens (tertiary/aromatic N) is 1. The maximum Gasteiger partial charge on any atom is 0.303 e. The van der Waals surface area contributed by atoms with E-state index in [2.05, 4.69) is 0 Å². The number of carboxylic acid groups (broad SMARTS) is 1. The van der Waals surface area contributed by atoms with Gasteiger partial charge in [-0.1, -0.05) is 25.0 Å². The first-order valence-electron chi connectivity index (χ1n) is 6.62. The molecule has 0 aromatic heterocycles. The van der Waals surface area contributed by atoms with Crippen molar-refractivity contribution in [2.45, 2.75) is 26.7 Å². The van der Waals surface area contributed by atoms with E-state index in [1.807, 2.05) is 13.8 Å². The van der Waals surface area contributed by atoms with Crippen LogP contribution in [0.1, 0.15) is 46.0 Å². The molecule has 2 rings (SSSR count). The normalized spacial score (nSPS) is 15.4. The molecule has 0 spiro atoms. The average Bonchev–Trinajstić information content (AvgIpc) is 2.62. The smallest absolute Gasteiger partial charge is 0.303 e. The molecule has 5 nitrogen and oxygen atoms in total. The van der Waals surface area contributed by atoms with Gasteiger partial charge < -0.3 is 5.11 Å². The van der Waals surface area contributed by atoms with Gasteiger partial charge in [0.05, 0.1) is 11.1 Å². The number of hydrogen-bond acceptors (Lipinski definition) is 3. The van der Waals surface area contributed by atoms with Gasteiger partial charge in [0.15, 0.2) is 0 Å². The second kappa shape index (κ2) is 5.45. The quantitative estimate of drug-likeness (QED) is 0.835. The molecule has 5 heteroatoms. The monoisotopic (exact) mass is 275 g/mol. The zero-order valence-electron chi connectivity index (χ0n) is 11.5. The van der Waals surface area contributed by atoms with Crippen molar-refractivity contribution in [3.05, 3.63) is 34.9 Å². The molecular weight excluding hydrogens is 258 g/mol. The zero-order chi connectivity index (χ0) is 14.9. The minimum Gasteiger partial charge on any atom is -0.481 e. The second-order valence-corrected chi connectivity index (χ2v) is 5.14. The third-order valence-corrected chi connectivity index (χ3v) is 3.61. The number of carbonyl (C=O) groups is 3. The topological polar surface area (TPSA) is 74.7 Å². The first kappa shape index (κ1) is 14.2. The van der Waals surface area contributed by atoms with Gasteiger partial charge in [-0.25, -0.2) is 0 Å². The van der Waals surface area contributed by atoms with Crippen molar-refractivity contribution in [1.29, 1.82) is 0 Å². The SMILES string of the molecule is CCC(CC(=O)O)CN1C(=O)c2ccc(C)cc2C1=O. The Morgan fingerprint density at radius 2 is 1.90 bits per heavy atom. The lowest BCUT2D eigenvalue weighted by molar-refractivity contribution is -0.138. The van der Waals surface area contributed by atoms with Crippen molar-refractivity contribution in [2.24, 2.45) is 5.92 Å². The molecule has 1 N–H and O–H groups in total. The van der Waals surface area contributed by atoms with E-state index >= 15 is 0 Å². The van der Waals surface area contributed by atoms with Crippen molar-refractivity contribution in [3.63, 3.8) is 0 Å². The minimum absolute atomic E-state index is 0.0388. The van der Waals surface area contributed by atoms with Crippen LogP contribution in [0.15, 0.2) is 18.2 Å². The number of carboxylic acids is 1. The highest BCUT2D eigenvalue weighted by atomic mass is 16.4. The Balaban J connectivity index is 2.21. The standard InChI is InChI=1S/C15H17NO4/c1-3-10(7-13(17)18)8-16-14(19)11-5-4-9(2)6-12(11)15(16)20/h4-6,10H,3,7-8H2,1-2H3,(H,17,18). The summed E-state index contributed by atoms with van der Waals surface area (Å²) in [6.07, 6.45) is 0.571. The largest absolute Gasteiger partial charge is 0.481 e. The van der Waals surface area contributed by atoms with Crippen LogP contribution in [-0.2, 0) is 4.79 Å². The summed E-state index contributed by atoms with van der Waals surface area (Å²) in [5.41, 5.74) is 1.75. The third kappa shape index (κ3) is 2.57. The number of fused-ring (bicyclic) bond motifs is 1. The molecule has 2 amide bonds. The number of aliphatic carboxylic acids is 1. The third-order valence-electron chi connectivity index (χ3n) is 3.61. The molecular formula is C15H17NO4. The first-order valence-corrected chi connectivity index (χ1v) is 6.62. The summed E-state index contributed by atoms with van der Waals surface area (Å²) >= 11 is 0. The Bertz CT molecular complexity index is 579. The summed E-state index contributed by atoms with van der Waals surface area (Å²) < 4.78 is 0. The van der Waals surface area contributed by atoms with E-state index in [1.165, 1.54) is 4.90 Å². The van der Waals surface area contributed by atoms with E-state index in [1.54, 1.807) is 18.2 Å². The molecule has 1 heterocycles.